The first-order chi connectivity index (χ1) is 9.86. The van der Waals surface area contributed by atoms with Crippen LogP contribution in [0.25, 0.3) is 0 Å². The van der Waals surface area contributed by atoms with Crippen molar-refractivity contribution in [2.45, 2.75) is 58.4 Å². The summed E-state index contributed by atoms with van der Waals surface area (Å²) in [6, 6.07) is 8.73. The highest BCUT2D eigenvalue weighted by molar-refractivity contribution is 14.0. The summed E-state index contributed by atoms with van der Waals surface area (Å²) in [4.78, 5) is 4.84. The lowest BCUT2D eigenvalue weighted by Crippen LogP contribution is -2.47. The standard InChI is InChI=1S/C18H29N3.HI/c1-6-19-16(21-17(3,4)5)20-13-18(11-12-18)15-10-8-7-9-14(15)2;/h7-10H,6,11-13H2,1-5H3,(H2,19,20,21);1H. The summed E-state index contributed by atoms with van der Waals surface area (Å²) in [7, 11) is 0. The molecule has 1 aliphatic carbocycles. The zero-order valence-electron chi connectivity index (χ0n) is 14.5. The number of hydrogen-bond acceptors (Lipinski definition) is 1. The molecule has 1 fully saturated rings. The van der Waals surface area contributed by atoms with Crippen molar-refractivity contribution in [3.05, 3.63) is 35.4 Å². The summed E-state index contributed by atoms with van der Waals surface area (Å²) in [5.74, 6) is 0.921. The lowest BCUT2D eigenvalue weighted by molar-refractivity contribution is 0.500. The first kappa shape index (κ1) is 19.3. The summed E-state index contributed by atoms with van der Waals surface area (Å²) in [6.45, 7) is 12.5. The van der Waals surface area contributed by atoms with Crippen LogP contribution in [-0.2, 0) is 5.41 Å². The minimum atomic E-state index is 0. The summed E-state index contributed by atoms with van der Waals surface area (Å²) in [6.07, 6.45) is 2.49. The number of nitrogens with one attached hydrogen (secondary N) is 2. The third-order valence-corrected chi connectivity index (χ3v) is 3.95. The van der Waals surface area contributed by atoms with Crippen molar-refractivity contribution in [3.63, 3.8) is 0 Å². The number of aliphatic imine (C=N–C) groups is 1. The molecule has 1 saturated carbocycles. The Bertz CT molecular complexity index is 513. The van der Waals surface area contributed by atoms with Gasteiger partial charge in [0.05, 0.1) is 6.54 Å². The zero-order valence-corrected chi connectivity index (χ0v) is 16.8. The molecule has 1 aromatic carbocycles. The van der Waals surface area contributed by atoms with Gasteiger partial charge in [-0.2, -0.15) is 0 Å². The van der Waals surface area contributed by atoms with E-state index in [4.69, 9.17) is 4.99 Å². The van der Waals surface area contributed by atoms with E-state index in [1.165, 1.54) is 24.0 Å². The zero-order chi connectivity index (χ0) is 15.5. The molecular weight excluding hydrogens is 385 g/mol. The van der Waals surface area contributed by atoms with Crippen LogP contribution in [0.4, 0.5) is 0 Å². The molecule has 0 radical (unpaired) electrons. The van der Waals surface area contributed by atoms with Crippen molar-refractivity contribution in [1.82, 2.24) is 10.6 Å². The molecule has 22 heavy (non-hydrogen) atoms. The molecule has 0 unspecified atom stereocenters. The minimum absolute atomic E-state index is 0. The Balaban J connectivity index is 0.00000242. The molecule has 0 bridgehead atoms. The molecule has 124 valence electrons. The van der Waals surface area contributed by atoms with Crippen LogP contribution in [0.2, 0.25) is 0 Å². The number of nitrogens with zero attached hydrogens (tertiary/aromatic N) is 1. The van der Waals surface area contributed by atoms with Gasteiger partial charge in [-0.05, 0) is 58.6 Å². The average molecular weight is 415 g/mol. The molecule has 0 amide bonds. The molecule has 3 nitrogen and oxygen atoms in total. The minimum Gasteiger partial charge on any atom is -0.357 e. The van der Waals surface area contributed by atoms with E-state index in [2.05, 4.69) is 69.5 Å². The molecular formula is C18H30IN3. The van der Waals surface area contributed by atoms with E-state index >= 15 is 0 Å². The highest BCUT2D eigenvalue weighted by Crippen LogP contribution is 2.49. The molecule has 0 spiro atoms. The van der Waals surface area contributed by atoms with Gasteiger partial charge in [0.2, 0.25) is 0 Å². The Labute approximate surface area is 152 Å². The van der Waals surface area contributed by atoms with Crippen LogP contribution in [-0.4, -0.2) is 24.6 Å². The predicted octanol–water partition coefficient (Wildman–Crippen LogP) is 4.00. The number of halogens is 1. The van der Waals surface area contributed by atoms with Crippen LogP contribution in [0.1, 0.15) is 51.7 Å². The molecule has 0 aliphatic heterocycles. The third-order valence-electron chi connectivity index (χ3n) is 3.95. The number of rotatable bonds is 4. The van der Waals surface area contributed by atoms with Gasteiger partial charge in [0.25, 0.3) is 0 Å². The van der Waals surface area contributed by atoms with E-state index in [9.17, 15) is 0 Å². The van der Waals surface area contributed by atoms with Gasteiger partial charge in [0, 0.05) is 17.5 Å². The van der Waals surface area contributed by atoms with Crippen molar-refractivity contribution < 1.29 is 0 Å². The summed E-state index contributed by atoms with van der Waals surface area (Å²) >= 11 is 0. The largest absolute Gasteiger partial charge is 0.357 e. The Morgan fingerprint density at radius 3 is 2.36 bits per heavy atom. The molecule has 0 aromatic heterocycles. The smallest absolute Gasteiger partial charge is 0.191 e. The summed E-state index contributed by atoms with van der Waals surface area (Å²) in [5, 5.41) is 6.81. The van der Waals surface area contributed by atoms with E-state index in [1.807, 2.05) is 0 Å². The quantitative estimate of drug-likeness (QED) is 0.443. The lowest BCUT2D eigenvalue weighted by Gasteiger charge is -2.24. The molecule has 0 saturated heterocycles. The second kappa shape index (κ2) is 7.66. The van der Waals surface area contributed by atoms with Crippen molar-refractivity contribution in [3.8, 4) is 0 Å². The fourth-order valence-corrected chi connectivity index (χ4v) is 2.72. The molecule has 0 heterocycles. The van der Waals surface area contributed by atoms with Crippen molar-refractivity contribution >= 4 is 29.9 Å². The Morgan fingerprint density at radius 1 is 1.23 bits per heavy atom. The Morgan fingerprint density at radius 2 is 1.86 bits per heavy atom. The van der Waals surface area contributed by atoms with Crippen molar-refractivity contribution in [2.75, 3.05) is 13.1 Å². The number of hydrogen-bond donors (Lipinski definition) is 2. The first-order valence-electron chi connectivity index (χ1n) is 7.99. The second-order valence-corrected chi connectivity index (χ2v) is 7.17. The number of aryl methyl sites for hydroxylation is 1. The van der Waals surface area contributed by atoms with Gasteiger partial charge in [-0.1, -0.05) is 24.3 Å². The third kappa shape index (κ3) is 5.14. The topological polar surface area (TPSA) is 36.4 Å². The Hall–Kier alpha value is -0.780. The molecule has 2 rings (SSSR count). The van der Waals surface area contributed by atoms with Crippen molar-refractivity contribution in [1.29, 1.82) is 0 Å². The predicted molar refractivity (Wildman–Crippen MR) is 106 cm³/mol. The fraction of sp³-hybridized carbons (Fsp3) is 0.611. The van der Waals surface area contributed by atoms with Crippen LogP contribution in [0.15, 0.2) is 29.3 Å². The summed E-state index contributed by atoms with van der Waals surface area (Å²) < 4.78 is 0. The molecule has 0 atom stereocenters. The lowest BCUT2D eigenvalue weighted by atomic mass is 9.92. The second-order valence-electron chi connectivity index (χ2n) is 7.17. The molecule has 2 N–H and O–H groups in total. The van der Waals surface area contributed by atoms with Gasteiger partial charge in [-0.3, -0.25) is 4.99 Å². The van der Waals surface area contributed by atoms with Gasteiger partial charge in [0.15, 0.2) is 5.96 Å². The van der Waals surface area contributed by atoms with Gasteiger partial charge < -0.3 is 10.6 Å². The van der Waals surface area contributed by atoms with E-state index in [1.54, 1.807) is 0 Å². The van der Waals surface area contributed by atoms with Crippen LogP contribution in [0.3, 0.4) is 0 Å². The summed E-state index contributed by atoms with van der Waals surface area (Å²) in [5.41, 5.74) is 3.16. The first-order valence-corrected chi connectivity index (χ1v) is 7.99. The van der Waals surface area contributed by atoms with Crippen LogP contribution in [0, 0.1) is 6.92 Å². The number of benzene rings is 1. The van der Waals surface area contributed by atoms with Gasteiger partial charge in [-0.25, -0.2) is 0 Å². The van der Waals surface area contributed by atoms with Gasteiger partial charge in [0.1, 0.15) is 0 Å². The average Bonchev–Trinajstić information content (AvgIpc) is 3.16. The van der Waals surface area contributed by atoms with Crippen molar-refractivity contribution in [2.24, 2.45) is 4.99 Å². The van der Waals surface area contributed by atoms with E-state index in [-0.39, 0.29) is 34.9 Å². The maximum atomic E-state index is 4.84. The molecule has 4 heteroatoms. The van der Waals surface area contributed by atoms with Gasteiger partial charge in [-0.15, -0.1) is 24.0 Å². The molecule has 1 aliphatic rings. The SMILES string of the molecule is CCNC(=NCC1(c2ccccc2C)CC1)NC(C)(C)C.I. The van der Waals surface area contributed by atoms with E-state index in [0.717, 1.165) is 19.0 Å². The highest BCUT2D eigenvalue weighted by Gasteiger charge is 2.44. The Kier molecular flexibility index (Phi) is 6.71. The monoisotopic (exact) mass is 415 g/mol. The van der Waals surface area contributed by atoms with Crippen LogP contribution >= 0.6 is 24.0 Å². The number of guanidine groups is 1. The maximum absolute atomic E-state index is 4.84. The van der Waals surface area contributed by atoms with Gasteiger partial charge >= 0.3 is 0 Å². The van der Waals surface area contributed by atoms with E-state index in [0.29, 0.717) is 0 Å². The maximum Gasteiger partial charge on any atom is 0.191 e. The van der Waals surface area contributed by atoms with Crippen LogP contribution in [0.5, 0.6) is 0 Å². The van der Waals surface area contributed by atoms with Crippen LogP contribution < -0.4 is 10.6 Å². The fourth-order valence-electron chi connectivity index (χ4n) is 2.72. The highest BCUT2D eigenvalue weighted by atomic mass is 127. The van der Waals surface area contributed by atoms with E-state index < -0.39 is 0 Å². The molecule has 1 aromatic rings. The normalized spacial score (nSPS) is 16.7.